The van der Waals surface area contributed by atoms with Crippen molar-refractivity contribution >= 4 is 23.2 Å². The molecule has 0 saturated heterocycles. The number of halogens is 1. The predicted molar refractivity (Wildman–Crippen MR) is 85.4 cm³/mol. The summed E-state index contributed by atoms with van der Waals surface area (Å²) in [7, 11) is 0. The Bertz CT molecular complexity index is 684. The first kappa shape index (κ1) is 15.9. The van der Waals surface area contributed by atoms with Crippen LogP contribution in [0.2, 0.25) is 5.02 Å². The van der Waals surface area contributed by atoms with Crippen LogP contribution in [-0.4, -0.2) is 23.3 Å². The Labute approximate surface area is 133 Å². The molecule has 0 atom stereocenters. The maximum atomic E-state index is 11.7. The topological polar surface area (TPSA) is 70.9 Å². The van der Waals surface area contributed by atoms with Crippen molar-refractivity contribution in [1.82, 2.24) is 5.43 Å². The minimum absolute atomic E-state index is 0.107. The first-order valence-corrected chi connectivity index (χ1v) is 6.94. The molecule has 0 saturated carbocycles. The van der Waals surface area contributed by atoms with Crippen molar-refractivity contribution < 1.29 is 14.6 Å². The van der Waals surface area contributed by atoms with E-state index in [1.165, 1.54) is 0 Å². The first-order chi connectivity index (χ1) is 10.6. The van der Waals surface area contributed by atoms with Gasteiger partial charge in [-0.2, -0.15) is 5.10 Å². The van der Waals surface area contributed by atoms with Crippen LogP contribution >= 0.6 is 11.6 Å². The minimum atomic E-state index is -0.398. The average molecular weight is 319 g/mol. The molecule has 0 fully saturated rings. The molecule has 0 bridgehead atoms. The monoisotopic (exact) mass is 318 g/mol. The molecule has 2 N–H and O–H groups in total. The summed E-state index contributed by atoms with van der Waals surface area (Å²) in [6, 6.07) is 13.5. The van der Waals surface area contributed by atoms with Crippen LogP contribution in [0.15, 0.2) is 53.6 Å². The third-order valence-electron chi connectivity index (χ3n) is 2.83. The summed E-state index contributed by atoms with van der Waals surface area (Å²) in [5.74, 6) is 0.251. The smallest absolute Gasteiger partial charge is 0.277 e. The van der Waals surface area contributed by atoms with Gasteiger partial charge in [-0.25, -0.2) is 5.43 Å². The number of carbonyl (C=O) groups excluding carboxylic acids is 1. The lowest BCUT2D eigenvalue weighted by Gasteiger charge is -2.06. The number of benzene rings is 2. The van der Waals surface area contributed by atoms with Gasteiger partial charge in [0, 0.05) is 10.6 Å². The number of hydrazone groups is 1. The van der Waals surface area contributed by atoms with Gasteiger partial charge >= 0.3 is 0 Å². The Kier molecular flexibility index (Phi) is 5.38. The van der Waals surface area contributed by atoms with Crippen LogP contribution in [0.4, 0.5) is 0 Å². The number of hydrogen-bond donors (Lipinski definition) is 2. The molecule has 0 aliphatic rings. The average Bonchev–Trinajstić information content (AvgIpc) is 2.52. The molecule has 1 amide bonds. The molecule has 0 unspecified atom stereocenters. The van der Waals surface area contributed by atoms with Crippen LogP contribution < -0.4 is 10.2 Å². The van der Waals surface area contributed by atoms with E-state index < -0.39 is 5.91 Å². The fourth-order valence-electron chi connectivity index (χ4n) is 1.70. The normalized spacial score (nSPS) is 11.1. The van der Waals surface area contributed by atoms with Gasteiger partial charge in [-0.05, 0) is 43.3 Å². The number of phenols is 1. The zero-order chi connectivity index (χ0) is 15.9. The third kappa shape index (κ3) is 4.49. The molecular weight excluding hydrogens is 304 g/mol. The minimum Gasteiger partial charge on any atom is -0.507 e. The van der Waals surface area contributed by atoms with Crippen LogP contribution in [0.5, 0.6) is 11.5 Å². The van der Waals surface area contributed by atoms with Crippen molar-refractivity contribution in [2.75, 3.05) is 6.61 Å². The quantitative estimate of drug-likeness (QED) is 0.657. The summed E-state index contributed by atoms with van der Waals surface area (Å²) >= 11 is 5.76. The van der Waals surface area contributed by atoms with Crippen LogP contribution in [0.25, 0.3) is 0 Å². The number of ether oxygens (including phenoxy) is 1. The fraction of sp³-hybridized carbons (Fsp3) is 0.125. The van der Waals surface area contributed by atoms with Crippen molar-refractivity contribution in [1.29, 1.82) is 0 Å². The highest BCUT2D eigenvalue weighted by molar-refractivity contribution is 6.30. The van der Waals surface area contributed by atoms with Crippen LogP contribution in [0.3, 0.4) is 0 Å². The number of nitrogens with one attached hydrogen (secondary N) is 1. The number of rotatable bonds is 5. The summed E-state index contributed by atoms with van der Waals surface area (Å²) in [6.07, 6.45) is 0. The van der Waals surface area contributed by atoms with Crippen LogP contribution in [0, 0.1) is 0 Å². The lowest BCUT2D eigenvalue weighted by molar-refractivity contribution is -0.123. The van der Waals surface area contributed by atoms with Gasteiger partial charge < -0.3 is 9.84 Å². The van der Waals surface area contributed by atoms with Gasteiger partial charge in [0.2, 0.25) is 0 Å². The number of carbonyl (C=O) groups is 1. The molecule has 0 spiro atoms. The van der Waals surface area contributed by atoms with Crippen molar-refractivity contribution in [2.45, 2.75) is 6.92 Å². The van der Waals surface area contributed by atoms with Crippen LogP contribution in [0.1, 0.15) is 12.5 Å². The summed E-state index contributed by atoms with van der Waals surface area (Å²) in [5, 5.41) is 14.2. The van der Waals surface area contributed by atoms with E-state index in [0.29, 0.717) is 22.0 Å². The number of hydrogen-bond acceptors (Lipinski definition) is 4. The second kappa shape index (κ2) is 7.47. The molecule has 2 aromatic rings. The second-order valence-corrected chi connectivity index (χ2v) is 4.93. The van der Waals surface area contributed by atoms with Gasteiger partial charge in [0.1, 0.15) is 11.5 Å². The van der Waals surface area contributed by atoms with Gasteiger partial charge in [0.25, 0.3) is 5.91 Å². The highest BCUT2D eigenvalue weighted by atomic mass is 35.5. The van der Waals surface area contributed by atoms with E-state index in [9.17, 15) is 9.90 Å². The Hall–Kier alpha value is -2.53. The molecule has 2 rings (SSSR count). The molecule has 6 heteroatoms. The SMILES string of the molecule is C/C(=N/NC(=O)COc1ccc(Cl)cc1)c1ccccc1O. The zero-order valence-electron chi connectivity index (χ0n) is 11.9. The third-order valence-corrected chi connectivity index (χ3v) is 3.08. The summed E-state index contributed by atoms with van der Waals surface area (Å²) in [5.41, 5.74) is 3.43. The molecule has 114 valence electrons. The number of phenolic OH excluding ortho intramolecular Hbond substituents is 1. The van der Waals surface area contributed by atoms with Gasteiger partial charge in [0.05, 0.1) is 5.71 Å². The van der Waals surface area contributed by atoms with Crippen molar-refractivity contribution in [3.05, 3.63) is 59.1 Å². The maximum absolute atomic E-state index is 11.7. The molecule has 0 aliphatic carbocycles. The van der Waals surface area contributed by atoms with E-state index in [1.807, 2.05) is 0 Å². The standard InChI is InChI=1S/C16H15ClN2O3/c1-11(14-4-2-3-5-15(14)20)18-19-16(21)10-22-13-8-6-12(17)7-9-13/h2-9,20H,10H2,1H3,(H,19,21)/b18-11-. The lowest BCUT2D eigenvalue weighted by Crippen LogP contribution is -2.25. The first-order valence-electron chi connectivity index (χ1n) is 6.56. The molecule has 0 heterocycles. The van der Waals surface area contributed by atoms with Gasteiger partial charge in [-0.15, -0.1) is 0 Å². The van der Waals surface area contributed by atoms with Crippen molar-refractivity contribution in [3.63, 3.8) is 0 Å². The number of amides is 1. The second-order valence-electron chi connectivity index (χ2n) is 4.49. The van der Waals surface area contributed by atoms with Gasteiger partial charge in [-0.3, -0.25) is 4.79 Å². The molecular formula is C16H15ClN2O3. The number of para-hydroxylation sites is 1. The Balaban J connectivity index is 1.88. The maximum Gasteiger partial charge on any atom is 0.277 e. The largest absolute Gasteiger partial charge is 0.507 e. The highest BCUT2D eigenvalue weighted by Crippen LogP contribution is 2.16. The summed E-state index contributed by atoms with van der Waals surface area (Å²) in [6.45, 7) is 1.52. The number of nitrogens with zero attached hydrogens (tertiary/aromatic N) is 1. The van der Waals surface area contributed by atoms with E-state index >= 15 is 0 Å². The number of aromatic hydroxyl groups is 1. The van der Waals surface area contributed by atoms with Crippen molar-refractivity contribution in [3.8, 4) is 11.5 Å². The Morgan fingerprint density at radius 1 is 1.23 bits per heavy atom. The lowest BCUT2D eigenvalue weighted by atomic mass is 10.1. The zero-order valence-corrected chi connectivity index (χ0v) is 12.7. The predicted octanol–water partition coefficient (Wildman–Crippen LogP) is 2.96. The van der Waals surface area contributed by atoms with Gasteiger partial charge in [-0.1, -0.05) is 23.7 Å². The molecule has 0 radical (unpaired) electrons. The van der Waals surface area contributed by atoms with E-state index in [2.05, 4.69) is 10.5 Å². The van der Waals surface area contributed by atoms with Crippen molar-refractivity contribution in [2.24, 2.45) is 5.10 Å². The summed E-state index contributed by atoms with van der Waals surface area (Å²) in [4.78, 5) is 11.7. The summed E-state index contributed by atoms with van der Waals surface area (Å²) < 4.78 is 5.30. The molecule has 0 aliphatic heterocycles. The van der Waals surface area contributed by atoms with Crippen LogP contribution in [-0.2, 0) is 4.79 Å². The molecule has 22 heavy (non-hydrogen) atoms. The molecule has 5 nitrogen and oxygen atoms in total. The Morgan fingerprint density at radius 3 is 2.59 bits per heavy atom. The fourth-order valence-corrected chi connectivity index (χ4v) is 1.82. The Morgan fingerprint density at radius 2 is 1.91 bits per heavy atom. The molecule has 0 aromatic heterocycles. The van der Waals surface area contributed by atoms with E-state index in [0.717, 1.165) is 0 Å². The molecule has 2 aromatic carbocycles. The highest BCUT2D eigenvalue weighted by Gasteiger charge is 2.05. The van der Waals surface area contributed by atoms with E-state index in [-0.39, 0.29) is 12.4 Å². The van der Waals surface area contributed by atoms with E-state index in [4.69, 9.17) is 16.3 Å². The van der Waals surface area contributed by atoms with Gasteiger partial charge in [0.15, 0.2) is 6.61 Å². The van der Waals surface area contributed by atoms with E-state index in [1.54, 1.807) is 55.5 Å².